The maximum atomic E-state index is 11.7. The summed E-state index contributed by atoms with van der Waals surface area (Å²) >= 11 is 3.29. The molecule has 0 bridgehead atoms. The molecule has 0 radical (unpaired) electrons. The number of pyridine rings is 1. The van der Waals surface area contributed by atoms with E-state index in [1.165, 1.54) is 0 Å². The van der Waals surface area contributed by atoms with Gasteiger partial charge in [-0.15, -0.1) is 0 Å². The average Bonchev–Trinajstić information content (AvgIpc) is 2.20. The van der Waals surface area contributed by atoms with Crippen LogP contribution in [-0.4, -0.2) is 10.9 Å². The highest BCUT2D eigenvalue weighted by atomic mass is 79.9. The van der Waals surface area contributed by atoms with Crippen molar-refractivity contribution < 1.29 is 4.79 Å². The Bertz CT molecular complexity index is 352. The van der Waals surface area contributed by atoms with E-state index in [1.807, 2.05) is 26.8 Å². The fraction of sp³-hybridized carbons (Fsp3) is 0.455. The van der Waals surface area contributed by atoms with Gasteiger partial charge in [0, 0.05) is 12.1 Å². The average molecular weight is 271 g/mol. The largest absolute Gasteiger partial charge is 0.324 e. The Hall–Kier alpha value is -0.900. The minimum absolute atomic E-state index is 0.00268. The van der Waals surface area contributed by atoms with Gasteiger partial charge in [-0.05, 0) is 34.0 Å². The van der Waals surface area contributed by atoms with Gasteiger partial charge in [-0.2, -0.15) is 0 Å². The molecule has 15 heavy (non-hydrogen) atoms. The van der Waals surface area contributed by atoms with Crippen LogP contribution in [0.2, 0.25) is 0 Å². The molecule has 0 aromatic carbocycles. The van der Waals surface area contributed by atoms with Gasteiger partial charge in [0.1, 0.15) is 4.60 Å². The van der Waals surface area contributed by atoms with E-state index in [1.54, 1.807) is 12.3 Å². The minimum Gasteiger partial charge on any atom is -0.324 e. The van der Waals surface area contributed by atoms with Crippen LogP contribution in [0.3, 0.4) is 0 Å². The first-order valence-electron chi connectivity index (χ1n) is 4.93. The molecule has 1 atom stereocenters. The number of anilines is 1. The lowest BCUT2D eigenvalue weighted by atomic mass is 9.97. The van der Waals surface area contributed by atoms with Crippen molar-refractivity contribution in [3.8, 4) is 0 Å². The molecular formula is C11H15BrN2O. The van der Waals surface area contributed by atoms with Crippen molar-refractivity contribution in [2.75, 3.05) is 5.32 Å². The molecular weight excluding hydrogens is 256 g/mol. The second-order valence-corrected chi connectivity index (χ2v) is 4.61. The van der Waals surface area contributed by atoms with Crippen molar-refractivity contribution in [2.24, 2.45) is 11.8 Å². The number of carbonyl (C=O) groups excluding carboxylic acids is 1. The summed E-state index contributed by atoms with van der Waals surface area (Å²) in [6, 6.07) is 3.61. The Labute approximate surface area is 98.4 Å². The quantitative estimate of drug-likeness (QED) is 0.858. The maximum absolute atomic E-state index is 11.7. The van der Waals surface area contributed by atoms with E-state index >= 15 is 0 Å². The van der Waals surface area contributed by atoms with Crippen LogP contribution in [0.5, 0.6) is 0 Å². The molecule has 4 heteroatoms. The van der Waals surface area contributed by atoms with Crippen LogP contribution in [-0.2, 0) is 4.79 Å². The third kappa shape index (κ3) is 3.30. The number of nitrogens with zero attached hydrogens (tertiary/aromatic N) is 1. The van der Waals surface area contributed by atoms with Gasteiger partial charge in [0.05, 0.1) is 5.69 Å². The van der Waals surface area contributed by atoms with Gasteiger partial charge >= 0.3 is 0 Å². The summed E-state index contributed by atoms with van der Waals surface area (Å²) in [5, 5.41) is 2.84. The van der Waals surface area contributed by atoms with Gasteiger partial charge in [0.2, 0.25) is 5.91 Å². The number of hydrogen-bond acceptors (Lipinski definition) is 2. The summed E-state index contributed by atoms with van der Waals surface area (Å²) in [4.78, 5) is 15.8. The SMILES string of the molecule is CC(C)C(C)C(=O)Nc1cccnc1Br. The van der Waals surface area contributed by atoms with E-state index in [-0.39, 0.29) is 11.8 Å². The molecule has 1 aromatic rings. The smallest absolute Gasteiger partial charge is 0.227 e. The topological polar surface area (TPSA) is 42.0 Å². The maximum Gasteiger partial charge on any atom is 0.227 e. The third-order valence-corrected chi connectivity index (χ3v) is 3.06. The number of carbonyl (C=O) groups is 1. The molecule has 0 spiro atoms. The molecule has 1 N–H and O–H groups in total. The van der Waals surface area contributed by atoms with Gasteiger partial charge in [-0.3, -0.25) is 4.79 Å². The molecule has 1 unspecified atom stereocenters. The molecule has 0 aliphatic carbocycles. The first-order valence-corrected chi connectivity index (χ1v) is 5.73. The summed E-state index contributed by atoms with van der Waals surface area (Å²) in [6.45, 7) is 5.98. The van der Waals surface area contributed by atoms with Crippen LogP contribution in [0.25, 0.3) is 0 Å². The van der Waals surface area contributed by atoms with Gasteiger partial charge < -0.3 is 5.32 Å². The highest BCUT2D eigenvalue weighted by Crippen LogP contribution is 2.20. The lowest BCUT2D eigenvalue weighted by Gasteiger charge is -2.15. The van der Waals surface area contributed by atoms with Crippen molar-refractivity contribution in [2.45, 2.75) is 20.8 Å². The first-order chi connectivity index (χ1) is 7.02. The third-order valence-electron chi connectivity index (χ3n) is 2.43. The fourth-order valence-electron chi connectivity index (χ4n) is 1.03. The van der Waals surface area contributed by atoms with Crippen LogP contribution in [0.15, 0.2) is 22.9 Å². The summed E-state index contributed by atoms with van der Waals surface area (Å²) in [7, 11) is 0. The van der Waals surface area contributed by atoms with E-state index in [9.17, 15) is 4.79 Å². The predicted octanol–water partition coefficient (Wildman–Crippen LogP) is 3.07. The summed E-state index contributed by atoms with van der Waals surface area (Å²) < 4.78 is 0.661. The molecule has 0 aliphatic heterocycles. The van der Waals surface area contributed by atoms with Crippen LogP contribution in [0.1, 0.15) is 20.8 Å². The fourth-order valence-corrected chi connectivity index (χ4v) is 1.38. The van der Waals surface area contributed by atoms with Gasteiger partial charge in [-0.1, -0.05) is 20.8 Å². The highest BCUT2D eigenvalue weighted by molar-refractivity contribution is 9.10. The van der Waals surface area contributed by atoms with E-state index < -0.39 is 0 Å². The molecule has 0 fully saturated rings. The number of halogens is 1. The molecule has 3 nitrogen and oxygen atoms in total. The Morgan fingerprint density at radius 1 is 1.47 bits per heavy atom. The number of nitrogens with one attached hydrogen (secondary N) is 1. The van der Waals surface area contributed by atoms with Crippen LogP contribution in [0, 0.1) is 11.8 Å². The second-order valence-electron chi connectivity index (χ2n) is 3.86. The number of aromatic nitrogens is 1. The Morgan fingerprint density at radius 3 is 2.67 bits per heavy atom. The molecule has 1 heterocycles. The Balaban J connectivity index is 2.71. The molecule has 82 valence electrons. The van der Waals surface area contributed by atoms with Crippen molar-refractivity contribution in [3.05, 3.63) is 22.9 Å². The van der Waals surface area contributed by atoms with Crippen molar-refractivity contribution >= 4 is 27.5 Å². The standard InChI is InChI=1S/C11H15BrN2O/c1-7(2)8(3)11(15)14-9-5-4-6-13-10(9)12/h4-8H,1-3H3,(H,14,15). The lowest BCUT2D eigenvalue weighted by molar-refractivity contribution is -0.120. The number of amides is 1. The summed E-state index contributed by atoms with van der Waals surface area (Å²) in [5.41, 5.74) is 0.718. The van der Waals surface area contributed by atoms with E-state index in [2.05, 4.69) is 26.2 Å². The Morgan fingerprint density at radius 2 is 2.13 bits per heavy atom. The zero-order chi connectivity index (χ0) is 11.4. The van der Waals surface area contributed by atoms with Gasteiger partial charge in [0.15, 0.2) is 0 Å². The van der Waals surface area contributed by atoms with E-state index in [0.29, 0.717) is 10.5 Å². The zero-order valence-electron chi connectivity index (χ0n) is 9.12. The van der Waals surface area contributed by atoms with Gasteiger partial charge in [-0.25, -0.2) is 4.98 Å². The van der Waals surface area contributed by atoms with Crippen molar-refractivity contribution in [3.63, 3.8) is 0 Å². The monoisotopic (exact) mass is 270 g/mol. The molecule has 1 aromatic heterocycles. The molecule has 0 aliphatic rings. The van der Waals surface area contributed by atoms with E-state index in [0.717, 1.165) is 5.69 Å². The molecule has 1 amide bonds. The lowest BCUT2D eigenvalue weighted by Crippen LogP contribution is -2.24. The van der Waals surface area contributed by atoms with Crippen molar-refractivity contribution in [1.82, 2.24) is 4.98 Å². The first kappa shape index (κ1) is 12.2. The van der Waals surface area contributed by atoms with Gasteiger partial charge in [0.25, 0.3) is 0 Å². The van der Waals surface area contributed by atoms with Crippen LogP contribution in [0.4, 0.5) is 5.69 Å². The predicted molar refractivity (Wildman–Crippen MR) is 64.6 cm³/mol. The number of hydrogen-bond donors (Lipinski definition) is 1. The second kappa shape index (κ2) is 5.26. The zero-order valence-corrected chi connectivity index (χ0v) is 10.7. The number of rotatable bonds is 3. The van der Waals surface area contributed by atoms with Crippen molar-refractivity contribution in [1.29, 1.82) is 0 Å². The molecule has 0 saturated heterocycles. The Kier molecular flexibility index (Phi) is 4.27. The molecule has 1 rings (SSSR count). The molecule has 0 saturated carbocycles. The van der Waals surface area contributed by atoms with Crippen LogP contribution < -0.4 is 5.32 Å². The highest BCUT2D eigenvalue weighted by Gasteiger charge is 2.17. The van der Waals surface area contributed by atoms with Crippen LogP contribution >= 0.6 is 15.9 Å². The normalized spacial score (nSPS) is 12.6. The minimum atomic E-state index is -0.00268. The van der Waals surface area contributed by atoms with E-state index in [4.69, 9.17) is 0 Å². The summed E-state index contributed by atoms with van der Waals surface area (Å²) in [6.07, 6.45) is 1.67. The summed E-state index contributed by atoms with van der Waals surface area (Å²) in [5.74, 6) is 0.358.